The minimum absolute atomic E-state index is 0.274. The lowest BCUT2D eigenvalue weighted by molar-refractivity contribution is -0.116. The molecule has 3 heterocycles. The predicted molar refractivity (Wildman–Crippen MR) is 153 cm³/mol. The molecule has 3 N–H and O–H groups in total. The molecule has 0 radical (unpaired) electrons. The van der Waals surface area contributed by atoms with Crippen LogP contribution in [0.15, 0.2) is 60.2 Å². The van der Waals surface area contributed by atoms with Gasteiger partial charge in [0.15, 0.2) is 0 Å². The van der Waals surface area contributed by atoms with Gasteiger partial charge in [0.05, 0.1) is 23.9 Å². The van der Waals surface area contributed by atoms with Gasteiger partial charge in [-0.05, 0) is 36.5 Å². The summed E-state index contributed by atoms with van der Waals surface area (Å²) in [5, 5.41) is 23.2. The number of carbonyl (C=O) groups excluding carboxylic acids is 1. The van der Waals surface area contributed by atoms with E-state index in [9.17, 15) is 15.3 Å². The molecule has 1 amide bonds. The van der Waals surface area contributed by atoms with E-state index in [-0.39, 0.29) is 6.04 Å². The van der Waals surface area contributed by atoms with Crippen LogP contribution in [0, 0.1) is 22.7 Å². The maximum Gasteiger partial charge on any atom is 0.235 e. The highest BCUT2D eigenvalue weighted by atomic mass is 32.2. The monoisotopic (exact) mass is 543 g/mol. The molecule has 0 spiro atoms. The van der Waals surface area contributed by atoms with Crippen molar-refractivity contribution in [3.8, 4) is 18.0 Å². The van der Waals surface area contributed by atoms with Crippen LogP contribution in [0.2, 0.25) is 0 Å². The van der Waals surface area contributed by atoms with Gasteiger partial charge in [0.2, 0.25) is 11.8 Å². The van der Waals surface area contributed by atoms with E-state index < -0.39 is 11.2 Å². The van der Waals surface area contributed by atoms with Gasteiger partial charge in [-0.25, -0.2) is 9.97 Å². The van der Waals surface area contributed by atoms with Crippen LogP contribution in [-0.4, -0.2) is 47.4 Å². The molecule has 0 aliphatic carbocycles. The number of amides is 1. The molecule has 1 aliphatic rings. The molecule has 2 aromatic rings. The number of nitrogens with one attached hydrogen (secondary N) is 1. The Morgan fingerprint density at radius 2 is 2.00 bits per heavy atom. The maximum absolute atomic E-state index is 12.4. The number of nitriles is 2. The average molecular weight is 544 g/mol. The highest BCUT2D eigenvalue weighted by Crippen LogP contribution is 2.36. The number of hydrogen-bond donors (Lipinski definition) is 2. The number of rotatable bonds is 12. The van der Waals surface area contributed by atoms with Crippen LogP contribution in [0.4, 0.5) is 5.82 Å². The molecule has 1 saturated heterocycles. The van der Waals surface area contributed by atoms with E-state index >= 15 is 0 Å². The number of carbonyl (C=O) groups is 1. The summed E-state index contributed by atoms with van der Waals surface area (Å²) in [6.45, 7) is 11.3. The first-order chi connectivity index (χ1) is 18.9. The normalized spacial score (nSPS) is 14.7. The fourth-order valence-electron chi connectivity index (χ4n) is 4.51. The Labute approximate surface area is 234 Å². The lowest BCUT2D eigenvalue weighted by Crippen LogP contribution is -2.43. The van der Waals surface area contributed by atoms with Gasteiger partial charge in [0, 0.05) is 31.7 Å². The third kappa shape index (κ3) is 7.05. The first-order valence-electron chi connectivity index (χ1n) is 12.7. The van der Waals surface area contributed by atoms with Crippen molar-refractivity contribution in [2.45, 2.75) is 49.0 Å². The molecular formula is C29H33N7O2S. The van der Waals surface area contributed by atoms with Crippen LogP contribution < -0.4 is 20.7 Å². The Hall–Kier alpha value is -4.12. The van der Waals surface area contributed by atoms with E-state index in [0.29, 0.717) is 65.0 Å². The Kier molecular flexibility index (Phi) is 10.7. The summed E-state index contributed by atoms with van der Waals surface area (Å²) in [5.74, 6) is 0.527. The largest absolute Gasteiger partial charge is 0.481 e. The van der Waals surface area contributed by atoms with Crippen molar-refractivity contribution in [3.05, 3.63) is 77.5 Å². The predicted octanol–water partition coefficient (Wildman–Crippen LogP) is 3.79. The zero-order chi connectivity index (χ0) is 28.4. The third-order valence-electron chi connectivity index (χ3n) is 6.52. The molecule has 1 aliphatic heterocycles. The summed E-state index contributed by atoms with van der Waals surface area (Å²) < 4.78 is 5.21. The topological polar surface area (TPSA) is 141 Å². The number of aromatic nitrogens is 2. The van der Waals surface area contributed by atoms with E-state index in [1.165, 1.54) is 0 Å². The molecule has 1 fully saturated rings. The first kappa shape index (κ1) is 29.4. The molecular weight excluding hydrogens is 510 g/mol. The minimum atomic E-state index is -0.814. The van der Waals surface area contributed by atoms with Crippen molar-refractivity contribution in [1.82, 2.24) is 15.3 Å². The van der Waals surface area contributed by atoms with Crippen molar-refractivity contribution in [3.63, 3.8) is 0 Å². The zero-order valence-corrected chi connectivity index (χ0v) is 23.1. The van der Waals surface area contributed by atoms with E-state index in [4.69, 9.17) is 15.5 Å². The van der Waals surface area contributed by atoms with Gasteiger partial charge >= 0.3 is 0 Å². The number of allylic oxidation sites excluding steroid dienone is 3. The SMILES string of the molecule is C=C/C=C(\C=C)C(Sc1nc(N2CCC(NCc3cccc(OC)n3)CC2)c(C#N)c(CC)c1C#N)C(N)=O. The van der Waals surface area contributed by atoms with Gasteiger partial charge in [0.1, 0.15) is 28.2 Å². The van der Waals surface area contributed by atoms with Gasteiger partial charge < -0.3 is 20.7 Å². The molecule has 39 heavy (non-hydrogen) atoms. The highest BCUT2D eigenvalue weighted by molar-refractivity contribution is 8.00. The smallest absolute Gasteiger partial charge is 0.235 e. The van der Waals surface area contributed by atoms with Crippen LogP contribution >= 0.6 is 11.8 Å². The quantitative estimate of drug-likeness (QED) is 0.302. The number of thioether (sulfide) groups is 1. The van der Waals surface area contributed by atoms with Crippen LogP contribution in [0.3, 0.4) is 0 Å². The van der Waals surface area contributed by atoms with Crippen LogP contribution in [0.1, 0.15) is 42.1 Å². The minimum Gasteiger partial charge on any atom is -0.481 e. The second-order valence-electron chi connectivity index (χ2n) is 8.87. The Morgan fingerprint density at radius 3 is 2.56 bits per heavy atom. The lowest BCUT2D eigenvalue weighted by atomic mass is 10.00. The van der Waals surface area contributed by atoms with Gasteiger partial charge in [-0.2, -0.15) is 10.5 Å². The fourth-order valence-corrected chi connectivity index (χ4v) is 5.59. The molecule has 2 aromatic heterocycles. The number of primary amides is 1. The van der Waals surface area contributed by atoms with E-state index in [2.05, 4.69) is 40.5 Å². The van der Waals surface area contributed by atoms with Crippen LogP contribution in [0.5, 0.6) is 5.88 Å². The van der Waals surface area contributed by atoms with Gasteiger partial charge in [-0.15, -0.1) is 0 Å². The lowest BCUT2D eigenvalue weighted by Gasteiger charge is -2.34. The summed E-state index contributed by atoms with van der Waals surface area (Å²) in [5.41, 5.74) is 8.49. The third-order valence-corrected chi connectivity index (χ3v) is 7.78. The van der Waals surface area contributed by atoms with Crippen molar-refractivity contribution < 1.29 is 9.53 Å². The highest BCUT2D eigenvalue weighted by Gasteiger charge is 2.29. The fraction of sp³-hybridized carbons (Fsp3) is 0.345. The molecule has 3 rings (SSSR count). The van der Waals surface area contributed by atoms with E-state index in [1.807, 2.05) is 25.1 Å². The molecule has 0 aromatic carbocycles. The number of ether oxygens (including phenoxy) is 1. The second-order valence-corrected chi connectivity index (χ2v) is 9.96. The average Bonchev–Trinajstić information content (AvgIpc) is 2.97. The van der Waals surface area contributed by atoms with Crippen LogP contribution in [-0.2, 0) is 17.8 Å². The number of nitrogens with zero attached hydrogens (tertiary/aromatic N) is 5. The zero-order valence-electron chi connectivity index (χ0n) is 22.3. The number of anilines is 1. The van der Waals surface area contributed by atoms with E-state index in [0.717, 1.165) is 30.3 Å². The summed E-state index contributed by atoms with van der Waals surface area (Å²) in [7, 11) is 1.60. The number of pyridine rings is 2. The summed E-state index contributed by atoms with van der Waals surface area (Å²) in [6, 6.07) is 10.4. The van der Waals surface area contributed by atoms with E-state index in [1.54, 1.807) is 25.3 Å². The van der Waals surface area contributed by atoms with Gasteiger partial charge in [-0.3, -0.25) is 4.79 Å². The standard InChI is InChI=1S/C29H33N7O2S/c1-5-9-19(6-2)26(27(32)37)39-29-24(17-31)22(7-3)23(16-30)28(35-29)36-14-12-20(13-15-36)33-18-21-10-8-11-25(34-21)38-4/h5-6,8-11,20,26,33H,1-2,7,12-15,18H2,3-4H3,(H2,32,37)/b19-9+. The first-order valence-corrected chi connectivity index (χ1v) is 13.5. The Morgan fingerprint density at radius 1 is 1.28 bits per heavy atom. The molecule has 0 bridgehead atoms. The molecule has 202 valence electrons. The number of hydrogen-bond acceptors (Lipinski definition) is 9. The second kappa shape index (κ2) is 14.1. The van der Waals surface area contributed by atoms with Crippen molar-refractivity contribution in [2.75, 3.05) is 25.1 Å². The van der Waals surface area contributed by atoms with Crippen molar-refractivity contribution in [1.29, 1.82) is 10.5 Å². The number of piperidine rings is 1. The van der Waals surface area contributed by atoms with Crippen molar-refractivity contribution >= 4 is 23.5 Å². The molecule has 10 heteroatoms. The summed E-state index contributed by atoms with van der Waals surface area (Å²) >= 11 is 1.10. The maximum atomic E-state index is 12.4. The molecule has 0 saturated carbocycles. The van der Waals surface area contributed by atoms with Crippen LogP contribution in [0.25, 0.3) is 0 Å². The molecule has 9 nitrogen and oxygen atoms in total. The Bertz CT molecular complexity index is 1330. The van der Waals surface area contributed by atoms with Crippen molar-refractivity contribution in [2.24, 2.45) is 5.73 Å². The number of methoxy groups -OCH3 is 1. The molecule has 1 unspecified atom stereocenters. The Balaban J connectivity index is 1.86. The number of nitrogens with two attached hydrogens (primary N) is 1. The molecule has 1 atom stereocenters. The van der Waals surface area contributed by atoms with Gasteiger partial charge in [0.25, 0.3) is 0 Å². The summed E-state index contributed by atoms with van der Waals surface area (Å²) in [4.78, 5) is 23.7. The van der Waals surface area contributed by atoms with Gasteiger partial charge in [-0.1, -0.05) is 56.1 Å². The summed E-state index contributed by atoms with van der Waals surface area (Å²) in [6.07, 6.45) is 6.90.